The molecule has 0 saturated carbocycles. The molecule has 1 aromatic rings. The average molecular weight is 283 g/mol. The quantitative estimate of drug-likeness (QED) is 0.919. The summed E-state index contributed by atoms with van der Waals surface area (Å²) >= 11 is 6.13. The molecule has 0 fully saturated rings. The Hall–Kier alpha value is -1.22. The predicted octanol–water partition coefficient (Wildman–Crippen LogP) is 3.71. The Kier molecular flexibility index (Phi) is 3.29. The number of carboxylic acid groups (broad SMARTS) is 1. The number of ether oxygens (including phenoxy) is 1. The maximum Gasteiger partial charge on any atom is 0.309 e. The molecule has 0 radical (unpaired) electrons. The van der Waals surface area contributed by atoms with Crippen LogP contribution in [0.25, 0.3) is 0 Å². The zero-order chi connectivity index (χ0) is 14.4. The molecule has 1 aromatic carbocycles. The van der Waals surface area contributed by atoms with E-state index in [-0.39, 0.29) is 5.60 Å². The molecule has 19 heavy (non-hydrogen) atoms. The van der Waals surface area contributed by atoms with Crippen molar-refractivity contribution in [3.63, 3.8) is 0 Å². The van der Waals surface area contributed by atoms with E-state index in [0.717, 1.165) is 23.3 Å². The third-order valence-electron chi connectivity index (χ3n) is 3.41. The van der Waals surface area contributed by atoms with Gasteiger partial charge < -0.3 is 9.84 Å². The van der Waals surface area contributed by atoms with Gasteiger partial charge in [-0.05, 0) is 57.4 Å². The number of aliphatic carboxylic acids is 1. The van der Waals surface area contributed by atoms with Gasteiger partial charge in [0.2, 0.25) is 0 Å². The van der Waals surface area contributed by atoms with Crippen LogP contribution in [0.1, 0.15) is 38.8 Å². The Labute approximate surface area is 118 Å². The first-order valence-electron chi connectivity index (χ1n) is 6.34. The molecule has 1 N–H and O–H groups in total. The molecule has 0 aliphatic carbocycles. The highest BCUT2D eigenvalue weighted by atomic mass is 35.5. The zero-order valence-corrected chi connectivity index (χ0v) is 12.5. The molecule has 0 spiro atoms. The molecule has 0 saturated heterocycles. The van der Waals surface area contributed by atoms with E-state index in [4.69, 9.17) is 16.3 Å². The molecular weight excluding hydrogens is 264 g/mol. The summed E-state index contributed by atoms with van der Waals surface area (Å²) in [6.07, 6.45) is 1.20. The molecule has 0 aromatic heterocycles. The molecule has 104 valence electrons. The number of halogens is 1. The van der Waals surface area contributed by atoms with Crippen molar-refractivity contribution in [2.24, 2.45) is 5.41 Å². The molecular formula is C15H19ClO3. The van der Waals surface area contributed by atoms with Crippen LogP contribution in [0.15, 0.2) is 12.1 Å². The van der Waals surface area contributed by atoms with Gasteiger partial charge in [-0.15, -0.1) is 0 Å². The van der Waals surface area contributed by atoms with Crippen LogP contribution in [0.5, 0.6) is 5.75 Å². The monoisotopic (exact) mass is 282 g/mol. The zero-order valence-electron chi connectivity index (χ0n) is 11.7. The van der Waals surface area contributed by atoms with E-state index in [9.17, 15) is 9.90 Å². The standard InChI is InChI=1S/C15H19ClO3/c1-14(2,13(17)18)7-9-5-11(16)6-10-8-15(3,4)19-12(9)10/h5-6H,7-8H2,1-4H3,(H,17,18). The fourth-order valence-electron chi connectivity index (χ4n) is 2.43. The lowest BCUT2D eigenvalue weighted by Gasteiger charge is -2.22. The molecule has 0 atom stereocenters. The van der Waals surface area contributed by atoms with Gasteiger partial charge in [0.25, 0.3) is 0 Å². The maximum atomic E-state index is 11.3. The minimum atomic E-state index is -0.839. The first-order chi connectivity index (χ1) is 8.61. The average Bonchev–Trinajstić information content (AvgIpc) is 2.51. The first kappa shape index (κ1) is 14.2. The van der Waals surface area contributed by atoms with Crippen LogP contribution in [0.2, 0.25) is 5.02 Å². The van der Waals surface area contributed by atoms with E-state index in [2.05, 4.69) is 0 Å². The smallest absolute Gasteiger partial charge is 0.309 e. The van der Waals surface area contributed by atoms with Crippen LogP contribution in [0.4, 0.5) is 0 Å². The molecule has 0 amide bonds. The lowest BCUT2D eigenvalue weighted by molar-refractivity contribution is -0.146. The largest absolute Gasteiger partial charge is 0.487 e. The van der Waals surface area contributed by atoms with Crippen LogP contribution >= 0.6 is 11.6 Å². The van der Waals surface area contributed by atoms with Crippen LogP contribution < -0.4 is 4.74 Å². The third-order valence-corrected chi connectivity index (χ3v) is 3.63. The van der Waals surface area contributed by atoms with Gasteiger partial charge in [-0.2, -0.15) is 0 Å². The summed E-state index contributed by atoms with van der Waals surface area (Å²) in [7, 11) is 0. The van der Waals surface area contributed by atoms with Gasteiger partial charge >= 0.3 is 5.97 Å². The molecule has 2 rings (SSSR count). The van der Waals surface area contributed by atoms with E-state index < -0.39 is 11.4 Å². The topological polar surface area (TPSA) is 46.5 Å². The molecule has 4 heteroatoms. The Morgan fingerprint density at radius 1 is 1.47 bits per heavy atom. The van der Waals surface area contributed by atoms with Gasteiger partial charge in [0, 0.05) is 11.4 Å². The molecule has 1 aliphatic rings. The maximum absolute atomic E-state index is 11.3. The number of carboxylic acids is 1. The van der Waals surface area contributed by atoms with Gasteiger partial charge in [-0.25, -0.2) is 0 Å². The highest BCUT2D eigenvalue weighted by Gasteiger charge is 2.35. The second-order valence-corrected chi connectivity index (χ2v) is 6.89. The van der Waals surface area contributed by atoms with Crippen molar-refractivity contribution in [1.29, 1.82) is 0 Å². The Balaban J connectivity index is 2.41. The third kappa shape index (κ3) is 2.86. The summed E-state index contributed by atoms with van der Waals surface area (Å²) in [5.41, 5.74) is 0.845. The predicted molar refractivity (Wildman–Crippen MR) is 75.0 cm³/mol. The minimum Gasteiger partial charge on any atom is -0.487 e. The Morgan fingerprint density at radius 3 is 2.68 bits per heavy atom. The number of hydrogen-bond acceptors (Lipinski definition) is 2. The van der Waals surface area contributed by atoms with Gasteiger partial charge in [0.1, 0.15) is 11.4 Å². The first-order valence-corrected chi connectivity index (χ1v) is 6.72. The summed E-state index contributed by atoms with van der Waals surface area (Å²) in [5.74, 6) is -0.0118. The highest BCUT2D eigenvalue weighted by Crippen LogP contribution is 2.41. The normalized spacial score (nSPS) is 16.9. The number of rotatable bonds is 3. The second-order valence-electron chi connectivity index (χ2n) is 6.46. The summed E-state index contributed by atoms with van der Waals surface area (Å²) in [5, 5.41) is 9.88. The SMILES string of the molecule is CC1(C)Cc2cc(Cl)cc(CC(C)(C)C(=O)O)c2O1. The van der Waals surface area contributed by atoms with Crippen LogP contribution in [-0.2, 0) is 17.6 Å². The summed E-state index contributed by atoms with van der Waals surface area (Å²) in [6, 6.07) is 3.72. The molecule has 3 nitrogen and oxygen atoms in total. The van der Waals surface area contributed by atoms with Crippen molar-refractivity contribution < 1.29 is 14.6 Å². The molecule has 1 aliphatic heterocycles. The van der Waals surface area contributed by atoms with Crippen molar-refractivity contribution in [2.45, 2.75) is 46.1 Å². The number of fused-ring (bicyclic) bond motifs is 1. The van der Waals surface area contributed by atoms with Gasteiger partial charge in [-0.1, -0.05) is 11.6 Å². The molecule has 0 bridgehead atoms. The number of benzene rings is 1. The lowest BCUT2D eigenvalue weighted by atomic mass is 9.85. The van der Waals surface area contributed by atoms with E-state index in [0.29, 0.717) is 11.4 Å². The van der Waals surface area contributed by atoms with E-state index in [1.807, 2.05) is 26.0 Å². The van der Waals surface area contributed by atoms with Crippen LogP contribution in [-0.4, -0.2) is 16.7 Å². The van der Waals surface area contributed by atoms with Crippen molar-refractivity contribution in [1.82, 2.24) is 0 Å². The van der Waals surface area contributed by atoms with E-state index >= 15 is 0 Å². The Bertz CT molecular complexity index is 532. The van der Waals surface area contributed by atoms with Gasteiger partial charge in [-0.3, -0.25) is 4.79 Å². The highest BCUT2D eigenvalue weighted by molar-refractivity contribution is 6.30. The van der Waals surface area contributed by atoms with Crippen molar-refractivity contribution in [3.8, 4) is 5.75 Å². The van der Waals surface area contributed by atoms with Crippen LogP contribution in [0, 0.1) is 5.41 Å². The minimum absolute atomic E-state index is 0.255. The number of carbonyl (C=O) groups is 1. The lowest BCUT2D eigenvalue weighted by Crippen LogP contribution is -2.27. The Morgan fingerprint density at radius 2 is 2.11 bits per heavy atom. The molecule has 0 unspecified atom stereocenters. The fourth-order valence-corrected chi connectivity index (χ4v) is 2.69. The summed E-state index contributed by atoms with van der Waals surface area (Å²) in [6.45, 7) is 7.46. The van der Waals surface area contributed by atoms with Gasteiger partial charge in [0.05, 0.1) is 5.41 Å². The van der Waals surface area contributed by atoms with E-state index in [1.165, 1.54) is 0 Å². The fraction of sp³-hybridized carbons (Fsp3) is 0.533. The molecule has 1 heterocycles. The van der Waals surface area contributed by atoms with E-state index in [1.54, 1.807) is 13.8 Å². The van der Waals surface area contributed by atoms with Crippen molar-refractivity contribution in [2.75, 3.05) is 0 Å². The van der Waals surface area contributed by atoms with Gasteiger partial charge in [0.15, 0.2) is 0 Å². The number of hydrogen-bond donors (Lipinski definition) is 1. The second kappa shape index (κ2) is 4.41. The van der Waals surface area contributed by atoms with Crippen LogP contribution in [0.3, 0.4) is 0 Å². The van der Waals surface area contributed by atoms with Crippen molar-refractivity contribution in [3.05, 3.63) is 28.3 Å². The van der Waals surface area contributed by atoms with Crippen molar-refractivity contribution >= 4 is 17.6 Å². The summed E-state index contributed by atoms with van der Waals surface area (Å²) in [4.78, 5) is 11.3. The summed E-state index contributed by atoms with van der Waals surface area (Å²) < 4.78 is 5.95.